The molecular weight excluding hydrogens is 576 g/mol. The third-order valence-corrected chi connectivity index (χ3v) is 8.40. The molecule has 0 aliphatic heterocycles. The zero-order valence-electron chi connectivity index (χ0n) is 22.7. The number of rotatable bonds is 11. The van der Waals surface area contributed by atoms with Gasteiger partial charge in [-0.1, -0.05) is 72.9 Å². The second kappa shape index (κ2) is 13.5. The van der Waals surface area contributed by atoms with Gasteiger partial charge in [0.05, 0.1) is 10.6 Å². The predicted octanol–water partition coefficient (Wildman–Crippen LogP) is 5.83. The van der Waals surface area contributed by atoms with Crippen molar-refractivity contribution in [1.29, 1.82) is 0 Å². The number of halogens is 3. The molecule has 0 spiro atoms. The Balaban J connectivity index is 2.06. The fourth-order valence-corrected chi connectivity index (χ4v) is 5.81. The van der Waals surface area contributed by atoms with Gasteiger partial charge < -0.3 is 10.2 Å². The van der Waals surface area contributed by atoms with Crippen LogP contribution in [0.5, 0.6) is 0 Å². The Morgan fingerprint density at radius 3 is 2.12 bits per heavy atom. The summed E-state index contributed by atoms with van der Waals surface area (Å²) in [7, 11) is -4.29. The van der Waals surface area contributed by atoms with Gasteiger partial charge in [-0.15, -0.1) is 0 Å². The Labute approximate surface area is 244 Å². The minimum atomic E-state index is -4.29. The number of hydrogen-bond donors (Lipinski definition) is 1. The summed E-state index contributed by atoms with van der Waals surface area (Å²) >= 11 is 12.4. The molecule has 1 atom stereocenters. The minimum Gasteiger partial charge on any atom is -0.354 e. The first-order chi connectivity index (χ1) is 18.8. The summed E-state index contributed by atoms with van der Waals surface area (Å²) in [5, 5.41) is 3.13. The first-order valence-corrected chi connectivity index (χ1v) is 14.8. The lowest BCUT2D eigenvalue weighted by Gasteiger charge is -2.32. The molecule has 0 aliphatic rings. The quantitative estimate of drug-likeness (QED) is 0.297. The molecule has 7 nitrogen and oxygen atoms in total. The molecule has 0 saturated carbocycles. The molecule has 0 bridgehead atoms. The number of carbonyl (C=O) groups is 2. The summed E-state index contributed by atoms with van der Waals surface area (Å²) < 4.78 is 43.2. The molecule has 0 saturated heterocycles. The molecule has 0 unspecified atom stereocenters. The van der Waals surface area contributed by atoms with Crippen LogP contribution in [0.3, 0.4) is 0 Å². The standard InChI is InChI=1S/C29H32Cl2FN3O4S/c1-19(2)16-33-29(37)21(4)34(17-22-7-5-6-8-27(22)32)28(36)18-35(25-14-23(30)13-24(31)15-25)40(38,39)26-11-9-20(3)10-12-26/h5-15,19,21H,16-18H2,1-4H3,(H,33,37)/t21-/m0/s1. The van der Waals surface area contributed by atoms with Gasteiger partial charge in [0, 0.05) is 28.7 Å². The monoisotopic (exact) mass is 607 g/mol. The average molecular weight is 609 g/mol. The number of nitrogens with one attached hydrogen (secondary N) is 1. The highest BCUT2D eigenvalue weighted by Gasteiger charge is 2.33. The van der Waals surface area contributed by atoms with Gasteiger partial charge in [-0.3, -0.25) is 13.9 Å². The summed E-state index contributed by atoms with van der Waals surface area (Å²) in [6.07, 6.45) is 0. The molecule has 1 N–H and O–H groups in total. The normalized spacial score (nSPS) is 12.2. The number of benzene rings is 3. The smallest absolute Gasteiger partial charge is 0.264 e. The molecule has 3 aromatic carbocycles. The number of carbonyl (C=O) groups excluding carboxylic acids is 2. The van der Waals surface area contributed by atoms with E-state index in [1.165, 1.54) is 55.5 Å². The van der Waals surface area contributed by atoms with Crippen molar-refractivity contribution >= 4 is 50.7 Å². The molecule has 0 radical (unpaired) electrons. The van der Waals surface area contributed by atoms with Crippen LogP contribution >= 0.6 is 23.2 Å². The maximum atomic E-state index is 14.6. The number of aryl methyl sites for hydroxylation is 1. The van der Waals surface area contributed by atoms with E-state index in [0.29, 0.717) is 6.54 Å². The van der Waals surface area contributed by atoms with Gasteiger partial charge in [-0.25, -0.2) is 12.8 Å². The van der Waals surface area contributed by atoms with E-state index in [1.807, 2.05) is 20.8 Å². The van der Waals surface area contributed by atoms with Gasteiger partial charge in [0.25, 0.3) is 10.0 Å². The highest BCUT2D eigenvalue weighted by atomic mass is 35.5. The molecule has 214 valence electrons. The lowest BCUT2D eigenvalue weighted by Crippen LogP contribution is -2.51. The zero-order chi connectivity index (χ0) is 29.6. The van der Waals surface area contributed by atoms with Gasteiger partial charge in [0.15, 0.2) is 0 Å². The number of sulfonamides is 1. The summed E-state index contributed by atoms with van der Waals surface area (Å²) in [6, 6.07) is 15.2. The number of amides is 2. The molecule has 2 amide bonds. The van der Waals surface area contributed by atoms with E-state index in [9.17, 15) is 22.4 Å². The van der Waals surface area contributed by atoms with E-state index in [-0.39, 0.29) is 38.7 Å². The third-order valence-electron chi connectivity index (χ3n) is 6.17. The van der Waals surface area contributed by atoms with E-state index in [4.69, 9.17) is 23.2 Å². The van der Waals surface area contributed by atoms with Gasteiger partial charge in [-0.2, -0.15) is 0 Å². The fraction of sp³-hybridized carbons (Fsp3) is 0.310. The van der Waals surface area contributed by atoms with Crippen molar-refractivity contribution < 1.29 is 22.4 Å². The molecule has 0 heterocycles. The predicted molar refractivity (Wildman–Crippen MR) is 156 cm³/mol. The number of nitrogens with zero attached hydrogens (tertiary/aromatic N) is 2. The lowest BCUT2D eigenvalue weighted by molar-refractivity contribution is -0.139. The molecule has 0 fully saturated rings. The lowest BCUT2D eigenvalue weighted by atomic mass is 10.1. The maximum Gasteiger partial charge on any atom is 0.264 e. The second-order valence-electron chi connectivity index (χ2n) is 9.88. The third kappa shape index (κ3) is 7.96. The van der Waals surface area contributed by atoms with Gasteiger partial charge in [-0.05, 0) is 56.2 Å². The van der Waals surface area contributed by atoms with Crippen molar-refractivity contribution in [3.8, 4) is 0 Å². The molecular formula is C29H32Cl2FN3O4S. The zero-order valence-corrected chi connectivity index (χ0v) is 25.0. The summed E-state index contributed by atoms with van der Waals surface area (Å²) in [5.74, 6) is -1.56. The Bertz CT molecular complexity index is 1450. The fourth-order valence-electron chi connectivity index (χ4n) is 3.89. The maximum absolute atomic E-state index is 14.6. The van der Waals surface area contributed by atoms with E-state index >= 15 is 0 Å². The average Bonchev–Trinajstić information content (AvgIpc) is 2.88. The minimum absolute atomic E-state index is 0.0506. The Kier molecular flexibility index (Phi) is 10.6. The summed E-state index contributed by atoms with van der Waals surface area (Å²) in [4.78, 5) is 28.0. The van der Waals surface area contributed by atoms with Crippen molar-refractivity contribution in [1.82, 2.24) is 10.2 Å². The molecule has 11 heteroatoms. The molecule has 3 aromatic rings. The number of anilines is 1. The highest BCUT2D eigenvalue weighted by molar-refractivity contribution is 7.92. The van der Waals surface area contributed by atoms with Crippen LogP contribution in [0.25, 0.3) is 0 Å². The van der Waals surface area contributed by atoms with Crippen LogP contribution in [0.2, 0.25) is 10.0 Å². The van der Waals surface area contributed by atoms with Gasteiger partial charge in [0.2, 0.25) is 11.8 Å². The van der Waals surface area contributed by atoms with Crippen LogP contribution in [-0.2, 0) is 26.2 Å². The van der Waals surface area contributed by atoms with Crippen LogP contribution < -0.4 is 9.62 Å². The van der Waals surface area contributed by atoms with E-state index in [2.05, 4.69) is 5.32 Å². The first-order valence-electron chi connectivity index (χ1n) is 12.7. The first kappa shape index (κ1) is 31.4. The van der Waals surface area contributed by atoms with Crippen molar-refractivity contribution in [2.45, 2.75) is 45.2 Å². The van der Waals surface area contributed by atoms with E-state index in [1.54, 1.807) is 18.2 Å². The molecule has 3 rings (SSSR count). The Morgan fingerprint density at radius 2 is 1.55 bits per heavy atom. The Hall–Kier alpha value is -3.14. The summed E-state index contributed by atoms with van der Waals surface area (Å²) in [5.41, 5.74) is 1.09. The highest BCUT2D eigenvalue weighted by Crippen LogP contribution is 2.30. The van der Waals surface area contributed by atoms with Crippen LogP contribution in [-0.4, -0.2) is 44.3 Å². The molecule has 0 aromatic heterocycles. The van der Waals surface area contributed by atoms with Crippen molar-refractivity contribution in [3.05, 3.63) is 93.7 Å². The molecule has 0 aliphatic carbocycles. The van der Waals surface area contributed by atoms with Crippen LogP contribution in [0.15, 0.2) is 71.6 Å². The topological polar surface area (TPSA) is 86.8 Å². The van der Waals surface area contributed by atoms with Crippen LogP contribution in [0.4, 0.5) is 10.1 Å². The second-order valence-corrected chi connectivity index (χ2v) is 12.6. The van der Waals surface area contributed by atoms with Crippen molar-refractivity contribution in [3.63, 3.8) is 0 Å². The van der Waals surface area contributed by atoms with E-state index in [0.717, 1.165) is 14.8 Å². The van der Waals surface area contributed by atoms with Gasteiger partial charge >= 0.3 is 0 Å². The van der Waals surface area contributed by atoms with Crippen LogP contribution in [0.1, 0.15) is 31.9 Å². The SMILES string of the molecule is Cc1ccc(S(=O)(=O)N(CC(=O)N(Cc2ccccc2F)[C@@H](C)C(=O)NCC(C)C)c2cc(Cl)cc(Cl)c2)cc1. The summed E-state index contributed by atoms with van der Waals surface area (Å²) in [6.45, 7) is 6.62. The van der Waals surface area contributed by atoms with E-state index < -0.39 is 40.2 Å². The number of hydrogen-bond acceptors (Lipinski definition) is 4. The Morgan fingerprint density at radius 1 is 0.950 bits per heavy atom. The largest absolute Gasteiger partial charge is 0.354 e. The van der Waals surface area contributed by atoms with Crippen molar-refractivity contribution in [2.75, 3.05) is 17.4 Å². The van der Waals surface area contributed by atoms with Crippen molar-refractivity contribution in [2.24, 2.45) is 5.92 Å². The van der Waals surface area contributed by atoms with Crippen LogP contribution in [0, 0.1) is 18.7 Å². The molecule has 40 heavy (non-hydrogen) atoms. The van der Waals surface area contributed by atoms with Gasteiger partial charge in [0.1, 0.15) is 18.4 Å².